The van der Waals surface area contributed by atoms with E-state index in [1.54, 1.807) is 11.8 Å². The first-order chi connectivity index (χ1) is 13.4. The first-order valence-corrected chi connectivity index (χ1v) is 10.6. The molecule has 0 radical (unpaired) electrons. The van der Waals surface area contributed by atoms with Crippen LogP contribution in [0.4, 0.5) is 0 Å². The summed E-state index contributed by atoms with van der Waals surface area (Å²) in [5, 5.41) is 3.54. The summed E-state index contributed by atoms with van der Waals surface area (Å²) in [4.78, 5) is 27.1. The second-order valence-electron chi connectivity index (χ2n) is 6.71. The van der Waals surface area contributed by atoms with Gasteiger partial charge >= 0.3 is 0 Å². The van der Waals surface area contributed by atoms with Crippen LogP contribution in [0.5, 0.6) is 0 Å². The van der Waals surface area contributed by atoms with Gasteiger partial charge in [-0.05, 0) is 49.1 Å². The highest BCUT2D eigenvalue weighted by molar-refractivity contribution is 9.10. The molecule has 0 spiro atoms. The molecule has 28 heavy (non-hydrogen) atoms. The van der Waals surface area contributed by atoms with E-state index in [1.807, 2.05) is 55.5 Å². The highest BCUT2D eigenvalue weighted by atomic mass is 79.9. The fourth-order valence-electron chi connectivity index (χ4n) is 2.85. The van der Waals surface area contributed by atoms with Gasteiger partial charge in [0.2, 0.25) is 11.8 Å². The van der Waals surface area contributed by atoms with Crippen molar-refractivity contribution in [2.45, 2.75) is 45.7 Å². The minimum absolute atomic E-state index is 0.0676. The van der Waals surface area contributed by atoms with E-state index in [-0.39, 0.29) is 11.8 Å². The van der Waals surface area contributed by atoms with Gasteiger partial charge in [-0.25, -0.2) is 0 Å². The number of carbonyl (C=O) groups is 2. The lowest BCUT2D eigenvalue weighted by Gasteiger charge is -2.29. The number of amides is 2. The zero-order valence-corrected chi connectivity index (χ0v) is 18.6. The number of nitrogens with zero attached hydrogens (tertiary/aromatic N) is 1. The minimum Gasteiger partial charge on any atom is -0.354 e. The highest BCUT2D eigenvalue weighted by Gasteiger charge is 2.25. The summed E-state index contributed by atoms with van der Waals surface area (Å²) >= 11 is 9.63. The Labute approximate surface area is 180 Å². The van der Waals surface area contributed by atoms with E-state index in [0.717, 1.165) is 22.0 Å². The van der Waals surface area contributed by atoms with Crippen molar-refractivity contribution in [3.8, 4) is 0 Å². The number of benzene rings is 2. The van der Waals surface area contributed by atoms with Crippen LogP contribution < -0.4 is 5.32 Å². The first-order valence-electron chi connectivity index (χ1n) is 9.47. The van der Waals surface area contributed by atoms with E-state index < -0.39 is 6.04 Å². The molecule has 0 aliphatic heterocycles. The van der Waals surface area contributed by atoms with E-state index in [9.17, 15) is 9.59 Å². The Balaban J connectivity index is 2.13. The number of hydrogen-bond donors (Lipinski definition) is 1. The van der Waals surface area contributed by atoms with Crippen molar-refractivity contribution in [1.29, 1.82) is 0 Å². The van der Waals surface area contributed by atoms with Gasteiger partial charge in [0.25, 0.3) is 0 Å². The van der Waals surface area contributed by atoms with Crippen LogP contribution >= 0.6 is 27.5 Å². The molecule has 0 saturated heterocycles. The number of nitrogens with one attached hydrogen (secondary N) is 1. The standard InChI is InChI=1S/C22H26BrClN2O2/c1-3-14-25-22(28)16(2)26(15-17-8-11-19(23)12-9-17)21(27)13-10-18-6-4-5-7-20(18)24/h4-9,11-12,16H,3,10,13-15H2,1-2H3,(H,25,28)/t16-/m1/s1. The molecular formula is C22H26BrClN2O2. The molecule has 0 heterocycles. The maximum atomic E-state index is 13.0. The highest BCUT2D eigenvalue weighted by Crippen LogP contribution is 2.19. The van der Waals surface area contributed by atoms with Gasteiger partial charge in [-0.2, -0.15) is 0 Å². The van der Waals surface area contributed by atoms with Crippen molar-refractivity contribution in [3.63, 3.8) is 0 Å². The lowest BCUT2D eigenvalue weighted by molar-refractivity contribution is -0.140. The molecule has 4 nitrogen and oxygen atoms in total. The minimum atomic E-state index is -0.547. The number of carbonyl (C=O) groups excluding carboxylic acids is 2. The molecule has 1 atom stereocenters. The van der Waals surface area contributed by atoms with Crippen molar-refractivity contribution in [2.24, 2.45) is 0 Å². The van der Waals surface area contributed by atoms with Crippen LogP contribution in [-0.4, -0.2) is 29.3 Å². The van der Waals surface area contributed by atoms with Crippen molar-refractivity contribution in [3.05, 3.63) is 69.2 Å². The maximum absolute atomic E-state index is 13.0. The third kappa shape index (κ3) is 6.64. The number of halogens is 2. The van der Waals surface area contributed by atoms with Crippen LogP contribution in [-0.2, 0) is 22.6 Å². The molecule has 2 amide bonds. The Morgan fingerprint density at radius 1 is 1.14 bits per heavy atom. The zero-order chi connectivity index (χ0) is 20.5. The van der Waals surface area contributed by atoms with E-state index in [1.165, 1.54) is 0 Å². The third-order valence-corrected chi connectivity index (χ3v) is 5.45. The van der Waals surface area contributed by atoms with Gasteiger partial charge in [-0.3, -0.25) is 9.59 Å². The lowest BCUT2D eigenvalue weighted by atomic mass is 10.1. The summed E-state index contributed by atoms with van der Waals surface area (Å²) in [5.41, 5.74) is 1.91. The van der Waals surface area contributed by atoms with E-state index in [2.05, 4.69) is 21.2 Å². The molecule has 1 N–H and O–H groups in total. The van der Waals surface area contributed by atoms with Crippen molar-refractivity contribution >= 4 is 39.3 Å². The fraction of sp³-hybridized carbons (Fsp3) is 0.364. The largest absolute Gasteiger partial charge is 0.354 e. The fourth-order valence-corrected chi connectivity index (χ4v) is 3.35. The van der Waals surface area contributed by atoms with Gasteiger partial charge in [-0.1, -0.05) is 64.8 Å². The van der Waals surface area contributed by atoms with Crippen LogP contribution in [0.15, 0.2) is 53.0 Å². The zero-order valence-electron chi connectivity index (χ0n) is 16.3. The molecule has 0 aliphatic carbocycles. The third-order valence-electron chi connectivity index (χ3n) is 4.55. The Hall–Kier alpha value is -1.85. The van der Waals surface area contributed by atoms with Crippen LogP contribution in [0.1, 0.15) is 37.8 Å². The average molecular weight is 466 g/mol. The Kier molecular flexibility index (Phi) is 9.00. The van der Waals surface area contributed by atoms with Crippen molar-refractivity contribution in [1.82, 2.24) is 10.2 Å². The molecule has 0 unspecified atom stereocenters. The predicted molar refractivity (Wildman–Crippen MR) is 117 cm³/mol. The summed E-state index contributed by atoms with van der Waals surface area (Å²) in [7, 11) is 0. The second kappa shape index (κ2) is 11.2. The van der Waals surface area contributed by atoms with Gasteiger partial charge in [-0.15, -0.1) is 0 Å². The average Bonchev–Trinajstić information content (AvgIpc) is 2.70. The van der Waals surface area contributed by atoms with E-state index in [4.69, 9.17) is 11.6 Å². The summed E-state index contributed by atoms with van der Waals surface area (Å²) in [6.45, 7) is 4.76. The molecule has 0 saturated carbocycles. The number of hydrogen-bond acceptors (Lipinski definition) is 2. The van der Waals surface area contributed by atoms with Crippen LogP contribution in [0.25, 0.3) is 0 Å². The van der Waals surface area contributed by atoms with Gasteiger partial charge in [0, 0.05) is 29.0 Å². The smallest absolute Gasteiger partial charge is 0.242 e. The maximum Gasteiger partial charge on any atom is 0.242 e. The Morgan fingerprint density at radius 2 is 1.82 bits per heavy atom. The Bertz CT molecular complexity index is 795. The summed E-state index contributed by atoms with van der Waals surface area (Å²) in [5.74, 6) is -0.202. The second-order valence-corrected chi connectivity index (χ2v) is 8.03. The summed E-state index contributed by atoms with van der Waals surface area (Å²) < 4.78 is 0.974. The SMILES string of the molecule is CCCNC(=O)[C@@H](C)N(Cc1ccc(Br)cc1)C(=O)CCc1ccccc1Cl. The van der Waals surface area contributed by atoms with Gasteiger partial charge in [0.15, 0.2) is 0 Å². The molecule has 6 heteroatoms. The molecule has 0 aromatic heterocycles. The van der Waals surface area contributed by atoms with E-state index >= 15 is 0 Å². The molecular weight excluding hydrogens is 440 g/mol. The monoisotopic (exact) mass is 464 g/mol. The van der Waals surface area contributed by atoms with Gasteiger partial charge < -0.3 is 10.2 Å². The van der Waals surface area contributed by atoms with Crippen molar-refractivity contribution < 1.29 is 9.59 Å². The molecule has 2 rings (SSSR count). The van der Waals surface area contributed by atoms with E-state index in [0.29, 0.717) is 31.0 Å². The summed E-state index contributed by atoms with van der Waals surface area (Å²) in [6.07, 6.45) is 1.69. The van der Waals surface area contributed by atoms with Gasteiger partial charge in [0.05, 0.1) is 0 Å². The van der Waals surface area contributed by atoms with Crippen LogP contribution in [0.3, 0.4) is 0 Å². The first kappa shape index (κ1) is 22.4. The summed E-state index contributed by atoms with van der Waals surface area (Å²) in [6, 6.07) is 14.7. The predicted octanol–water partition coefficient (Wildman–Crippen LogP) is 4.98. The van der Waals surface area contributed by atoms with Gasteiger partial charge in [0.1, 0.15) is 6.04 Å². The number of rotatable bonds is 9. The molecule has 0 fully saturated rings. The van der Waals surface area contributed by atoms with Crippen LogP contribution in [0, 0.1) is 0 Å². The molecule has 2 aromatic rings. The quantitative estimate of drug-likeness (QED) is 0.568. The normalized spacial score (nSPS) is 11.7. The van der Waals surface area contributed by atoms with Crippen molar-refractivity contribution in [2.75, 3.05) is 6.54 Å². The topological polar surface area (TPSA) is 49.4 Å². The molecule has 150 valence electrons. The Morgan fingerprint density at radius 3 is 2.46 bits per heavy atom. The lowest BCUT2D eigenvalue weighted by Crippen LogP contribution is -2.47. The molecule has 0 bridgehead atoms. The molecule has 2 aromatic carbocycles. The van der Waals surface area contributed by atoms with Crippen LogP contribution in [0.2, 0.25) is 5.02 Å². The molecule has 0 aliphatic rings. The number of aryl methyl sites for hydroxylation is 1.